The molecular formula is C23H23BrN4O2S. The Kier molecular flexibility index (Phi) is 7.81. The third-order valence-electron chi connectivity index (χ3n) is 4.68. The predicted octanol–water partition coefficient (Wildman–Crippen LogP) is 5.00. The molecule has 160 valence electrons. The number of amides is 1. The van der Waals surface area contributed by atoms with E-state index in [0.29, 0.717) is 28.7 Å². The average Bonchev–Trinajstić information content (AvgIpc) is 3.15. The summed E-state index contributed by atoms with van der Waals surface area (Å²) >= 11 is 4.69. The van der Waals surface area contributed by atoms with Gasteiger partial charge in [0.2, 0.25) is 0 Å². The predicted molar refractivity (Wildman–Crippen MR) is 126 cm³/mol. The second-order valence-corrected chi connectivity index (χ2v) is 8.83. The van der Waals surface area contributed by atoms with Crippen molar-refractivity contribution >= 4 is 39.4 Å². The highest BCUT2D eigenvalue weighted by molar-refractivity contribution is 9.10. The molecule has 0 unspecified atom stereocenters. The van der Waals surface area contributed by atoms with E-state index in [1.54, 1.807) is 24.3 Å². The number of nitrogens with zero attached hydrogens (tertiary/aromatic N) is 3. The van der Waals surface area contributed by atoms with E-state index in [-0.39, 0.29) is 23.5 Å². The van der Waals surface area contributed by atoms with Gasteiger partial charge in [0.15, 0.2) is 16.8 Å². The van der Waals surface area contributed by atoms with Gasteiger partial charge in [0.05, 0.1) is 11.8 Å². The number of rotatable bonds is 9. The van der Waals surface area contributed by atoms with Crippen molar-refractivity contribution in [3.05, 3.63) is 88.2 Å². The van der Waals surface area contributed by atoms with Crippen LogP contribution in [-0.4, -0.2) is 32.2 Å². The van der Waals surface area contributed by atoms with Crippen LogP contribution in [0.5, 0.6) is 0 Å². The summed E-state index contributed by atoms with van der Waals surface area (Å²) in [6.45, 7) is 8.04. The van der Waals surface area contributed by atoms with Gasteiger partial charge >= 0.3 is 0 Å². The number of aromatic nitrogens is 3. The van der Waals surface area contributed by atoms with E-state index in [1.165, 1.54) is 11.8 Å². The standard InChI is InChI=1S/C23H23BrN4O2S/c1-4-13-28-21(16(3)25-22(30)19-8-6-5-7-15(19)2)26-27-23(28)31-14-20(29)17-9-11-18(24)12-10-17/h4-12,16H,1,13-14H2,2-3H3,(H,25,30)/t16-/m0/s1. The number of allylic oxidation sites excluding steroid dienone is 1. The van der Waals surface area contributed by atoms with E-state index in [9.17, 15) is 9.59 Å². The van der Waals surface area contributed by atoms with Gasteiger partial charge in [0, 0.05) is 22.1 Å². The highest BCUT2D eigenvalue weighted by atomic mass is 79.9. The molecule has 3 rings (SSSR count). The van der Waals surface area contributed by atoms with Crippen molar-refractivity contribution < 1.29 is 9.59 Å². The Hall–Kier alpha value is -2.71. The van der Waals surface area contributed by atoms with Gasteiger partial charge in [-0.05, 0) is 37.6 Å². The molecule has 8 heteroatoms. The fraction of sp³-hybridized carbons (Fsp3) is 0.217. The number of nitrogens with one attached hydrogen (secondary N) is 1. The molecule has 1 heterocycles. The molecule has 2 aromatic carbocycles. The summed E-state index contributed by atoms with van der Waals surface area (Å²) in [6, 6.07) is 14.3. The fourth-order valence-electron chi connectivity index (χ4n) is 3.04. The molecule has 1 N–H and O–H groups in total. The molecule has 0 spiro atoms. The molecule has 0 bridgehead atoms. The zero-order chi connectivity index (χ0) is 22.4. The van der Waals surface area contributed by atoms with Crippen molar-refractivity contribution in [2.75, 3.05) is 5.75 Å². The van der Waals surface area contributed by atoms with Crippen LogP contribution in [-0.2, 0) is 6.54 Å². The number of halogens is 1. The summed E-state index contributed by atoms with van der Waals surface area (Å²) in [7, 11) is 0. The van der Waals surface area contributed by atoms with Gasteiger partial charge < -0.3 is 9.88 Å². The molecule has 0 fully saturated rings. The maximum absolute atomic E-state index is 12.7. The van der Waals surface area contributed by atoms with Crippen LogP contribution in [0.1, 0.15) is 45.1 Å². The number of carbonyl (C=O) groups excluding carboxylic acids is 2. The number of hydrogen-bond donors (Lipinski definition) is 1. The lowest BCUT2D eigenvalue weighted by atomic mass is 10.1. The first-order chi connectivity index (χ1) is 14.9. The Labute approximate surface area is 194 Å². The van der Waals surface area contributed by atoms with E-state index < -0.39 is 0 Å². The first-order valence-electron chi connectivity index (χ1n) is 9.72. The Morgan fingerprint density at radius 1 is 1.19 bits per heavy atom. The molecule has 0 aliphatic rings. The summed E-state index contributed by atoms with van der Waals surface area (Å²) in [5.74, 6) is 0.688. The maximum Gasteiger partial charge on any atom is 0.252 e. The largest absolute Gasteiger partial charge is 0.342 e. The lowest BCUT2D eigenvalue weighted by molar-refractivity contribution is 0.0936. The summed E-state index contributed by atoms with van der Waals surface area (Å²) in [5.41, 5.74) is 2.17. The molecule has 0 saturated heterocycles. The minimum absolute atomic E-state index is 0.00751. The zero-order valence-electron chi connectivity index (χ0n) is 17.3. The van der Waals surface area contributed by atoms with E-state index in [1.807, 2.05) is 48.7 Å². The van der Waals surface area contributed by atoms with Crippen LogP contribution in [0.2, 0.25) is 0 Å². The lowest BCUT2D eigenvalue weighted by Crippen LogP contribution is -2.29. The van der Waals surface area contributed by atoms with Crippen LogP contribution in [0.15, 0.2) is 70.8 Å². The highest BCUT2D eigenvalue weighted by Gasteiger charge is 2.21. The average molecular weight is 499 g/mol. The summed E-state index contributed by atoms with van der Waals surface area (Å²) < 4.78 is 2.80. The second-order valence-electron chi connectivity index (χ2n) is 6.97. The smallest absolute Gasteiger partial charge is 0.252 e. The highest BCUT2D eigenvalue weighted by Crippen LogP contribution is 2.23. The Morgan fingerprint density at radius 3 is 2.58 bits per heavy atom. The molecule has 31 heavy (non-hydrogen) atoms. The zero-order valence-corrected chi connectivity index (χ0v) is 19.7. The lowest BCUT2D eigenvalue weighted by Gasteiger charge is -2.16. The van der Waals surface area contributed by atoms with Gasteiger partial charge in [0.25, 0.3) is 5.91 Å². The number of thioether (sulfide) groups is 1. The van der Waals surface area contributed by atoms with Crippen LogP contribution < -0.4 is 5.32 Å². The molecule has 6 nitrogen and oxygen atoms in total. The molecule has 0 aliphatic carbocycles. The molecule has 0 aliphatic heterocycles. The van der Waals surface area contributed by atoms with Gasteiger partial charge in [-0.25, -0.2) is 0 Å². The Balaban J connectivity index is 1.72. The molecule has 0 radical (unpaired) electrons. The quantitative estimate of drug-likeness (QED) is 0.255. The minimum atomic E-state index is -0.365. The molecule has 3 aromatic rings. The molecule has 0 saturated carbocycles. The molecule has 1 amide bonds. The molecule has 1 atom stereocenters. The number of benzene rings is 2. The van der Waals surface area contributed by atoms with Crippen molar-refractivity contribution in [2.45, 2.75) is 31.6 Å². The van der Waals surface area contributed by atoms with Crippen LogP contribution in [0.3, 0.4) is 0 Å². The Morgan fingerprint density at radius 2 is 1.90 bits per heavy atom. The number of Topliss-reactive ketones (excluding diaryl/α,β-unsaturated/α-hetero) is 1. The maximum atomic E-state index is 12.7. The van der Waals surface area contributed by atoms with Gasteiger partial charge in [-0.2, -0.15) is 0 Å². The molecule has 1 aromatic heterocycles. The third-order valence-corrected chi connectivity index (χ3v) is 6.18. The summed E-state index contributed by atoms with van der Waals surface area (Å²) in [4.78, 5) is 25.2. The first-order valence-corrected chi connectivity index (χ1v) is 11.5. The first kappa shape index (κ1) is 23.0. The van der Waals surface area contributed by atoms with Crippen molar-refractivity contribution in [3.63, 3.8) is 0 Å². The SMILES string of the molecule is C=CCn1c(SCC(=O)c2ccc(Br)cc2)nnc1[C@H](C)NC(=O)c1ccccc1C. The number of hydrogen-bond acceptors (Lipinski definition) is 5. The fourth-order valence-corrected chi connectivity index (χ4v) is 4.16. The van der Waals surface area contributed by atoms with Gasteiger partial charge in [-0.15, -0.1) is 16.8 Å². The van der Waals surface area contributed by atoms with Gasteiger partial charge in [-0.3, -0.25) is 9.59 Å². The summed E-state index contributed by atoms with van der Waals surface area (Å²) in [5, 5.41) is 12.1. The van der Waals surface area contributed by atoms with Crippen LogP contribution in [0.25, 0.3) is 0 Å². The monoisotopic (exact) mass is 498 g/mol. The third kappa shape index (κ3) is 5.71. The van der Waals surface area contributed by atoms with Crippen LogP contribution >= 0.6 is 27.7 Å². The Bertz CT molecular complexity index is 1100. The van der Waals surface area contributed by atoms with Crippen molar-refractivity contribution in [1.82, 2.24) is 20.1 Å². The van der Waals surface area contributed by atoms with Gasteiger partial charge in [-0.1, -0.05) is 64.1 Å². The van der Waals surface area contributed by atoms with Crippen molar-refractivity contribution in [1.29, 1.82) is 0 Å². The molecular weight excluding hydrogens is 476 g/mol. The number of carbonyl (C=O) groups is 2. The summed E-state index contributed by atoms with van der Waals surface area (Å²) in [6.07, 6.45) is 1.74. The van der Waals surface area contributed by atoms with Crippen LogP contribution in [0.4, 0.5) is 0 Å². The van der Waals surface area contributed by atoms with E-state index in [0.717, 1.165) is 10.0 Å². The number of aryl methyl sites for hydroxylation is 1. The van der Waals surface area contributed by atoms with Crippen molar-refractivity contribution in [2.24, 2.45) is 0 Å². The van der Waals surface area contributed by atoms with Crippen LogP contribution in [0, 0.1) is 6.92 Å². The minimum Gasteiger partial charge on any atom is -0.342 e. The second kappa shape index (κ2) is 10.5. The van der Waals surface area contributed by atoms with E-state index >= 15 is 0 Å². The van der Waals surface area contributed by atoms with E-state index in [4.69, 9.17) is 0 Å². The topological polar surface area (TPSA) is 76.9 Å². The van der Waals surface area contributed by atoms with Gasteiger partial charge in [0.1, 0.15) is 0 Å². The normalized spacial score (nSPS) is 11.7. The van der Waals surface area contributed by atoms with E-state index in [2.05, 4.69) is 38.0 Å². The number of ketones is 1. The van der Waals surface area contributed by atoms with Crippen molar-refractivity contribution in [3.8, 4) is 0 Å².